The maximum Gasteiger partial charge on any atom is 0.260 e. The summed E-state index contributed by atoms with van der Waals surface area (Å²) in [5.41, 5.74) is 0. The van der Waals surface area contributed by atoms with Crippen LogP contribution in [0.15, 0.2) is 11.2 Å². The van der Waals surface area contributed by atoms with E-state index in [9.17, 15) is 8.42 Å². The average molecular weight is 314 g/mol. The fourth-order valence-corrected chi connectivity index (χ4v) is 4.05. The van der Waals surface area contributed by atoms with Crippen molar-refractivity contribution in [3.63, 3.8) is 0 Å². The number of imidazole rings is 1. The van der Waals surface area contributed by atoms with Crippen molar-refractivity contribution in [2.75, 3.05) is 19.6 Å². The third kappa shape index (κ3) is 4.05. The topological polar surface area (TPSA) is 78.1 Å². The largest absolute Gasteiger partial charge is 0.332 e. The molecule has 1 saturated heterocycles. The summed E-state index contributed by atoms with van der Waals surface area (Å²) in [5, 5.41) is 3.59. The third-order valence-corrected chi connectivity index (χ3v) is 5.68. The van der Waals surface area contributed by atoms with Crippen LogP contribution in [0.4, 0.5) is 0 Å². The number of aromatic amines is 1. The third-order valence-electron chi connectivity index (χ3n) is 3.91. The molecule has 6 nitrogen and oxygen atoms in total. The maximum atomic E-state index is 12.8. The van der Waals surface area contributed by atoms with Crippen LogP contribution in [0.2, 0.25) is 0 Å². The van der Waals surface area contributed by atoms with Gasteiger partial charge in [-0.25, -0.2) is 13.4 Å². The molecule has 0 aromatic carbocycles. The van der Waals surface area contributed by atoms with Gasteiger partial charge in [0.05, 0.1) is 6.20 Å². The molecule has 1 aliphatic rings. The number of aromatic nitrogens is 2. The lowest BCUT2D eigenvalue weighted by molar-refractivity contribution is 0.363. The molecule has 0 aliphatic carbocycles. The van der Waals surface area contributed by atoms with E-state index in [4.69, 9.17) is 0 Å². The quantitative estimate of drug-likeness (QED) is 0.762. The number of H-pyrrole nitrogens is 1. The number of hydrogen-bond donors (Lipinski definition) is 2. The van der Waals surface area contributed by atoms with Crippen LogP contribution < -0.4 is 5.32 Å². The Kier molecular flexibility index (Phi) is 5.78. The highest BCUT2D eigenvalue weighted by Gasteiger charge is 2.29. The molecule has 1 fully saturated rings. The van der Waals surface area contributed by atoms with Crippen LogP contribution in [-0.4, -0.2) is 48.4 Å². The Morgan fingerprint density at radius 2 is 2.24 bits per heavy atom. The first-order valence-corrected chi connectivity index (χ1v) is 9.29. The van der Waals surface area contributed by atoms with Crippen molar-refractivity contribution in [1.29, 1.82) is 0 Å². The van der Waals surface area contributed by atoms with Gasteiger partial charge in [-0.3, -0.25) is 0 Å². The van der Waals surface area contributed by atoms with Crippen LogP contribution in [-0.2, 0) is 16.4 Å². The van der Waals surface area contributed by atoms with E-state index in [0.717, 1.165) is 32.2 Å². The molecular formula is C14H26N4O2S. The Hall–Kier alpha value is -0.920. The van der Waals surface area contributed by atoms with E-state index in [1.807, 2.05) is 6.92 Å². The van der Waals surface area contributed by atoms with Gasteiger partial charge in [0.25, 0.3) is 10.0 Å². The molecule has 0 bridgehead atoms. The first-order valence-electron chi connectivity index (χ1n) is 7.85. The summed E-state index contributed by atoms with van der Waals surface area (Å²) in [4.78, 5) is 7.04. The van der Waals surface area contributed by atoms with Gasteiger partial charge in [0.2, 0.25) is 0 Å². The van der Waals surface area contributed by atoms with Crippen LogP contribution in [0, 0.1) is 0 Å². The predicted molar refractivity (Wildman–Crippen MR) is 82.7 cm³/mol. The van der Waals surface area contributed by atoms with Crippen molar-refractivity contribution < 1.29 is 8.42 Å². The molecule has 0 spiro atoms. The summed E-state index contributed by atoms with van der Waals surface area (Å²) in [6.45, 7) is 6.12. The van der Waals surface area contributed by atoms with Crippen molar-refractivity contribution in [3.05, 3.63) is 12.0 Å². The lowest BCUT2D eigenvalue weighted by Crippen LogP contribution is -2.41. The predicted octanol–water partition coefficient (Wildman–Crippen LogP) is 1.51. The van der Waals surface area contributed by atoms with Crippen LogP contribution in [0.25, 0.3) is 0 Å². The van der Waals surface area contributed by atoms with Gasteiger partial charge in [-0.2, -0.15) is 4.31 Å². The first kappa shape index (κ1) is 16.5. The van der Waals surface area contributed by atoms with Gasteiger partial charge in [0.1, 0.15) is 5.82 Å². The molecule has 7 heteroatoms. The second-order valence-corrected chi connectivity index (χ2v) is 7.46. The van der Waals surface area contributed by atoms with E-state index < -0.39 is 10.0 Å². The Bertz CT molecular complexity index is 535. The van der Waals surface area contributed by atoms with Crippen LogP contribution in [0.3, 0.4) is 0 Å². The molecule has 0 radical (unpaired) electrons. The molecule has 1 aliphatic heterocycles. The van der Waals surface area contributed by atoms with Crippen molar-refractivity contribution in [2.24, 2.45) is 0 Å². The normalized spacial score (nSPS) is 19.5. The Morgan fingerprint density at radius 1 is 1.43 bits per heavy atom. The summed E-state index contributed by atoms with van der Waals surface area (Å²) in [6.07, 6.45) is 6.16. The minimum Gasteiger partial charge on any atom is -0.332 e. The van der Waals surface area contributed by atoms with Crippen molar-refractivity contribution in [1.82, 2.24) is 19.6 Å². The number of rotatable bonds is 8. The van der Waals surface area contributed by atoms with Crippen molar-refractivity contribution >= 4 is 10.0 Å². The number of unbranched alkanes of at least 4 members (excludes halogenated alkanes) is 1. The van der Waals surface area contributed by atoms with E-state index in [1.165, 1.54) is 6.20 Å². The van der Waals surface area contributed by atoms with Crippen LogP contribution >= 0.6 is 0 Å². The lowest BCUT2D eigenvalue weighted by atomic mass is 10.2. The smallest absolute Gasteiger partial charge is 0.260 e. The standard InChI is InChI=1S/C14H26N4O2S/c1-3-5-9-18(11-12-7-6-8-15-12)21(19,20)14-10-16-13(4-2)17-14/h10,12,15H,3-9,11H2,1-2H3,(H,16,17). The second kappa shape index (κ2) is 7.38. The number of sulfonamides is 1. The number of hydrogen-bond acceptors (Lipinski definition) is 4. The molecule has 1 unspecified atom stereocenters. The second-order valence-electron chi connectivity index (χ2n) is 5.56. The molecule has 2 rings (SSSR count). The molecule has 2 heterocycles. The van der Waals surface area contributed by atoms with Gasteiger partial charge < -0.3 is 10.3 Å². The van der Waals surface area contributed by atoms with Gasteiger partial charge in [0.15, 0.2) is 5.03 Å². The number of nitrogens with one attached hydrogen (secondary N) is 2. The Labute approximate surface area is 127 Å². The summed E-state index contributed by atoms with van der Waals surface area (Å²) < 4.78 is 27.2. The Balaban J connectivity index is 2.16. The first-order chi connectivity index (χ1) is 10.1. The number of aryl methyl sites for hydroxylation is 1. The van der Waals surface area contributed by atoms with Gasteiger partial charge in [0, 0.05) is 25.6 Å². The molecular weight excluding hydrogens is 288 g/mol. The Morgan fingerprint density at radius 3 is 2.81 bits per heavy atom. The molecule has 1 aromatic heterocycles. The highest BCUT2D eigenvalue weighted by atomic mass is 32.2. The van der Waals surface area contributed by atoms with Crippen molar-refractivity contribution in [3.8, 4) is 0 Å². The fraction of sp³-hybridized carbons (Fsp3) is 0.786. The van der Waals surface area contributed by atoms with E-state index in [1.54, 1.807) is 4.31 Å². The zero-order valence-electron chi connectivity index (χ0n) is 12.9. The lowest BCUT2D eigenvalue weighted by Gasteiger charge is -2.24. The summed E-state index contributed by atoms with van der Waals surface area (Å²) in [6, 6.07) is 0.269. The average Bonchev–Trinajstić information content (AvgIpc) is 3.14. The summed E-state index contributed by atoms with van der Waals surface area (Å²) in [5.74, 6) is 0.711. The number of nitrogens with zero attached hydrogens (tertiary/aromatic N) is 2. The highest BCUT2D eigenvalue weighted by molar-refractivity contribution is 7.89. The van der Waals surface area contributed by atoms with E-state index in [-0.39, 0.29) is 11.1 Å². The molecule has 1 atom stereocenters. The zero-order chi connectivity index (χ0) is 15.3. The van der Waals surface area contributed by atoms with Gasteiger partial charge in [-0.1, -0.05) is 20.3 Å². The van der Waals surface area contributed by atoms with Crippen LogP contribution in [0.5, 0.6) is 0 Å². The van der Waals surface area contributed by atoms with E-state index >= 15 is 0 Å². The minimum atomic E-state index is -3.47. The highest BCUT2D eigenvalue weighted by Crippen LogP contribution is 2.17. The zero-order valence-corrected chi connectivity index (χ0v) is 13.7. The molecule has 21 heavy (non-hydrogen) atoms. The SMILES string of the molecule is CCCCN(CC1CCCN1)S(=O)(=O)c1cnc(CC)[nH]1. The van der Waals surface area contributed by atoms with Crippen molar-refractivity contribution in [2.45, 2.75) is 57.0 Å². The van der Waals surface area contributed by atoms with Gasteiger partial charge in [-0.15, -0.1) is 0 Å². The monoisotopic (exact) mass is 314 g/mol. The van der Waals surface area contributed by atoms with Crippen LogP contribution in [0.1, 0.15) is 45.4 Å². The molecule has 120 valence electrons. The summed E-state index contributed by atoms with van der Waals surface area (Å²) in [7, 11) is -3.47. The van der Waals surface area contributed by atoms with E-state index in [2.05, 4.69) is 22.2 Å². The maximum absolute atomic E-state index is 12.8. The van der Waals surface area contributed by atoms with Gasteiger partial charge >= 0.3 is 0 Å². The molecule has 1 aromatic rings. The van der Waals surface area contributed by atoms with Gasteiger partial charge in [-0.05, 0) is 25.8 Å². The molecule has 2 N–H and O–H groups in total. The fourth-order valence-electron chi connectivity index (χ4n) is 2.60. The summed E-state index contributed by atoms with van der Waals surface area (Å²) >= 11 is 0. The minimum absolute atomic E-state index is 0.216. The molecule has 0 amide bonds. The molecule has 0 saturated carbocycles. The van der Waals surface area contributed by atoms with E-state index in [0.29, 0.717) is 25.3 Å².